The number of carbonyl (C=O) groups excluding carboxylic acids is 2. The number of nitrogens with one attached hydrogen (secondary N) is 2. The molecule has 0 unspecified atom stereocenters. The molecule has 3 rings (SSSR count). The number of hydrogen-bond acceptors (Lipinski definition) is 4. The maximum atomic E-state index is 12.5. The molecule has 0 saturated heterocycles. The maximum absolute atomic E-state index is 12.5. The summed E-state index contributed by atoms with van der Waals surface area (Å²) in [6.07, 6.45) is 5.83. The summed E-state index contributed by atoms with van der Waals surface area (Å²) in [6, 6.07) is 3.23. The van der Waals surface area contributed by atoms with Gasteiger partial charge in [-0.3, -0.25) is 9.59 Å². The van der Waals surface area contributed by atoms with Crippen LogP contribution in [0, 0.1) is 5.41 Å². The molecule has 24 heavy (non-hydrogen) atoms. The summed E-state index contributed by atoms with van der Waals surface area (Å²) in [7, 11) is 0. The average Bonchev–Trinajstić information content (AvgIpc) is 2.56. The number of ether oxygens (including phenoxy) is 1. The van der Waals surface area contributed by atoms with Crippen molar-refractivity contribution in [3.05, 3.63) is 17.2 Å². The van der Waals surface area contributed by atoms with E-state index in [0.717, 1.165) is 25.7 Å². The van der Waals surface area contributed by atoms with E-state index in [2.05, 4.69) is 10.6 Å². The Balaban J connectivity index is 1.71. The van der Waals surface area contributed by atoms with E-state index in [1.54, 1.807) is 12.1 Å². The first-order chi connectivity index (χ1) is 11.5. The van der Waals surface area contributed by atoms with Gasteiger partial charge in [-0.05, 0) is 30.9 Å². The predicted molar refractivity (Wildman–Crippen MR) is 93.4 cm³/mol. The van der Waals surface area contributed by atoms with Crippen molar-refractivity contribution in [2.45, 2.75) is 38.5 Å². The van der Waals surface area contributed by atoms with Crippen molar-refractivity contribution < 1.29 is 14.3 Å². The molecule has 1 heterocycles. The van der Waals surface area contributed by atoms with E-state index in [4.69, 9.17) is 22.1 Å². The van der Waals surface area contributed by atoms with Crippen molar-refractivity contribution >= 4 is 34.8 Å². The molecular formula is C17H22ClN3O3. The summed E-state index contributed by atoms with van der Waals surface area (Å²) in [5, 5.41) is 5.90. The van der Waals surface area contributed by atoms with Crippen molar-refractivity contribution in [1.82, 2.24) is 0 Å². The molecule has 0 aromatic heterocycles. The highest BCUT2D eigenvalue weighted by Gasteiger charge is 2.33. The SMILES string of the molecule is NCC1(CC(=O)Nc2cc3c(cc2Cl)NC(=O)CO3)CCCCC1. The van der Waals surface area contributed by atoms with E-state index < -0.39 is 0 Å². The van der Waals surface area contributed by atoms with Gasteiger partial charge in [0.15, 0.2) is 6.61 Å². The fourth-order valence-corrected chi connectivity index (χ4v) is 3.70. The minimum atomic E-state index is -0.225. The van der Waals surface area contributed by atoms with Crippen LogP contribution in [0.1, 0.15) is 38.5 Å². The molecule has 4 N–H and O–H groups in total. The lowest BCUT2D eigenvalue weighted by molar-refractivity contribution is -0.119. The molecular weight excluding hydrogens is 330 g/mol. The van der Waals surface area contributed by atoms with E-state index in [-0.39, 0.29) is 23.8 Å². The van der Waals surface area contributed by atoms with Crippen LogP contribution in [0.5, 0.6) is 5.75 Å². The van der Waals surface area contributed by atoms with E-state index in [9.17, 15) is 9.59 Å². The highest BCUT2D eigenvalue weighted by Crippen LogP contribution is 2.40. The van der Waals surface area contributed by atoms with Crippen LogP contribution in [0.3, 0.4) is 0 Å². The van der Waals surface area contributed by atoms with Crippen molar-refractivity contribution in [2.24, 2.45) is 11.1 Å². The van der Waals surface area contributed by atoms with E-state index in [1.807, 2.05) is 0 Å². The lowest BCUT2D eigenvalue weighted by atomic mass is 9.71. The van der Waals surface area contributed by atoms with E-state index in [1.165, 1.54) is 6.42 Å². The third-order valence-electron chi connectivity index (χ3n) is 4.86. The van der Waals surface area contributed by atoms with Crippen molar-refractivity contribution in [2.75, 3.05) is 23.8 Å². The quantitative estimate of drug-likeness (QED) is 0.777. The van der Waals surface area contributed by atoms with Gasteiger partial charge in [-0.1, -0.05) is 30.9 Å². The Bertz CT molecular complexity index is 657. The minimum Gasteiger partial charge on any atom is -0.482 e. The molecule has 7 heteroatoms. The van der Waals surface area contributed by atoms with E-state index >= 15 is 0 Å². The number of benzene rings is 1. The van der Waals surface area contributed by atoms with Crippen LogP contribution >= 0.6 is 11.6 Å². The highest BCUT2D eigenvalue weighted by molar-refractivity contribution is 6.34. The van der Waals surface area contributed by atoms with E-state index in [0.29, 0.717) is 35.1 Å². The first-order valence-corrected chi connectivity index (χ1v) is 8.65. The smallest absolute Gasteiger partial charge is 0.262 e. The Morgan fingerprint density at radius 3 is 2.79 bits per heavy atom. The number of hydrogen-bond donors (Lipinski definition) is 3. The Morgan fingerprint density at radius 2 is 2.08 bits per heavy atom. The number of nitrogens with two attached hydrogens (primary N) is 1. The molecule has 130 valence electrons. The van der Waals surface area contributed by atoms with Gasteiger partial charge in [0.05, 0.1) is 16.4 Å². The number of halogens is 1. The van der Waals surface area contributed by atoms with Gasteiger partial charge in [0, 0.05) is 12.5 Å². The van der Waals surface area contributed by atoms with Gasteiger partial charge in [0.25, 0.3) is 5.91 Å². The summed E-state index contributed by atoms with van der Waals surface area (Å²) in [5.41, 5.74) is 6.84. The zero-order valence-electron chi connectivity index (χ0n) is 13.5. The van der Waals surface area contributed by atoms with Crippen molar-refractivity contribution in [3.63, 3.8) is 0 Å². The van der Waals surface area contributed by atoms with Crippen LogP contribution in [0.4, 0.5) is 11.4 Å². The Labute approximate surface area is 146 Å². The van der Waals surface area contributed by atoms with Gasteiger partial charge >= 0.3 is 0 Å². The number of rotatable bonds is 4. The molecule has 1 fully saturated rings. The second-order valence-electron chi connectivity index (χ2n) is 6.65. The van der Waals surface area contributed by atoms with Crippen LogP contribution < -0.4 is 21.1 Å². The molecule has 1 aliphatic carbocycles. The largest absolute Gasteiger partial charge is 0.482 e. The van der Waals surface area contributed by atoms with Gasteiger partial charge in [-0.25, -0.2) is 0 Å². The maximum Gasteiger partial charge on any atom is 0.262 e. The normalized spacial score (nSPS) is 19.0. The highest BCUT2D eigenvalue weighted by atomic mass is 35.5. The number of amides is 2. The number of anilines is 2. The molecule has 1 saturated carbocycles. The Kier molecular flexibility index (Phi) is 4.96. The lowest BCUT2D eigenvalue weighted by Gasteiger charge is -2.35. The molecule has 1 aromatic carbocycles. The second-order valence-corrected chi connectivity index (χ2v) is 7.06. The molecule has 0 spiro atoms. The summed E-state index contributed by atoms with van der Waals surface area (Å²) < 4.78 is 5.36. The summed E-state index contributed by atoms with van der Waals surface area (Å²) in [6.45, 7) is 0.478. The number of carbonyl (C=O) groups is 2. The first kappa shape index (κ1) is 17.0. The standard InChI is InChI=1S/C17H22ClN3O3/c18-11-6-13-14(24-9-16(23)21-13)7-12(11)20-15(22)8-17(10-19)4-2-1-3-5-17/h6-7H,1-5,8-10,19H2,(H,20,22)(H,21,23). The molecule has 2 aliphatic rings. The van der Waals surface area contributed by atoms with Gasteiger partial charge in [-0.15, -0.1) is 0 Å². The summed E-state index contributed by atoms with van der Waals surface area (Å²) in [4.78, 5) is 23.8. The molecule has 1 aromatic rings. The lowest BCUT2D eigenvalue weighted by Crippen LogP contribution is -2.36. The van der Waals surface area contributed by atoms with Crippen LogP contribution in [-0.2, 0) is 9.59 Å². The van der Waals surface area contributed by atoms with Gasteiger partial charge < -0.3 is 21.1 Å². The third kappa shape index (κ3) is 3.65. The Hall–Kier alpha value is -1.79. The zero-order valence-corrected chi connectivity index (χ0v) is 14.2. The van der Waals surface area contributed by atoms with Crippen LogP contribution in [0.2, 0.25) is 5.02 Å². The second kappa shape index (κ2) is 6.99. The van der Waals surface area contributed by atoms with Crippen LogP contribution in [0.25, 0.3) is 0 Å². The minimum absolute atomic E-state index is 0.0433. The van der Waals surface area contributed by atoms with Gasteiger partial charge in [0.1, 0.15) is 5.75 Å². The van der Waals surface area contributed by atoms with Crippen LogP contribution in [0.15, 0.2) is 12.1 Å². The van der Waals surface area contributed by atoms with Gasteiger partial charge in [0.2, 0.25) is 5.91 Å². The van der Waals surface area contributed by atoms with Crippen LogP contribution in [-0.4, -0.2) is 25.0 Å². The summed E-state index contributed by atoms with van der Waals surface area (Å²) >= 11 is 6.22. The molecule has 2 amide bonds. The number of fused-ring (bicyclic) bond motifs is 1. The topological polar surface area (TPSA) is 93.5 Å². The molecule has 0 atom stereocenters. The fraction of sp³-hybridized carbons (Fsp3) is 0.529. The average molecular weight is 352 g/mol. The fourth-order valence-electron chi connectivity index (χ4n) is 3.49. The Morgan fingerprint density at radius 1 is 1.33 bits per heavy atom. The van der Waals surface area contributed by atoms with Crippen molar-refractivity contribution in [3.8, 4) is 5.75 Å². The molecule has 0 bridgehead atoms. The third-order valence-corrected chi connectivity index (χ3v) is 5.17. The first-order valence-electron chi connectivity index (χ1n) is 8.27. The van der Waals surface area contributed by atoms with Gasteiger partial charge in [-0.2, -0.15) is 0 Å². The van der Waals surface area contributed by atoms with Crippen molar-refractivity contribution in [1.29, 1.82) is 0 Å². The monoisotopic (exact) mass is 351 g/mol. The molecule has 1 aliphatic heterocycles. The summed E-state index contributed by atoms with van der Waals surface area (Å²) in [5.74, 6) is 0.182. The molecule has 6 nitrogen and oxygen atoms in total. The predicted octanol–water partition coefficient (Wildman–Crippen LogP) is 2.91. The molecule has 0 radical (unpaired) electrons. The zero-order chi connectivity index (χ0) is 17.2.